The lowest BCUT2D eigenvalue weighted by molar-refractivity contribution is -0.386. The number of hydrogen-bond acceptors (Lipinski definition) is 5. The number of carbonyl (C=O) groups excluding carboxylic acids is 1. The first-order valence-electron chi connectivity index (χ1n) is 5.35. The monoisotopic (exact) mass is 254 g/mol. The van der Waals surface area contributed by atoms with Crippen LogP contribution in [0.3, 0.4) is 0 Å². The second kappa shape index (κ2) is 6.55. The number of nitrogens with one attached hydrogen (secondary N) is 1. The summed E-state index contributed by atoms with van der Waals surface area (Å²) in [6, 6.07) is 6.05. The van der Waals surface area contributed by atoms with Crippen LogP contribution in [0.25, 0.3) is 0 Å². The lowest BCUT2D eigenvalue weighted by Gasteiger charge is -2.13. The predicted molar refractivity (Wildman–Crippen MR) is 63.1 cm³/mol. The van der Waals surface area contributed by atoms with Gasteiger partial charge in [-0.15, -0.1) is 0 Å². The molecule has 1 unspecified atom stereocenters. The van der Waals surface area contributed by atoms with Gasteiger partial charge < -0.3 is 15.2 Å². The van der Waals surface area contributed by atoms with E-state index in [1.54, 1.807) is 19.1 Å². The van der Waals surface area contributed by atoms with Crippen LogP contribution in [-0.2, 0) is 4.74 Å². The summed E-state index contributed by atoms with van der Waals surface area (Å²) in [4.78, 5) is 21.5. The molecule has 1 aromatic carbocycles. The normalized spacial score (nSPS) is 11.7. The van der Waals surface area contributed by atoms with Gasteiger partial charge in [-0.05, 0) is 13.0 Å². The van der Waals surface area contributed by atoms with Crippen LogP contribution in [0.1, 0.15) is 18.6 Å². The molecule has 7 nitrogen and oxygen atoms in total. The number of nitrogens with zero attached hydrogens (tertiary/aromatic N) is 1. The maximum atomic E-state index is 11.3. The SMILES string of the molecule is CC(OC(=O)NCCO)c1ccccc1[N+](=O)[O-]. The summed E-state index contributed by atoms with van der Waals surface area (Å²) in [5, 5.41) is 21.6. The number of amides is 1. The van der Waals surface area contributed by atoms with Crippen molar-refractivity contribution in [2.24, 2.45) is 0 Å². The second-order valence-electron chi connectivity index (χ2n) is 3.51. The van der Waals surface area contributed by atoms with Gasteiger partial charge in [-0.25, -0.2) is 4.79 Å². The highest BCUT2D eigenvalue weighted by molar-refractivity contribution is 5.67. The topological polar surface area (TPSA) is 102 Å². The van der Waals surface area contributed by atoms with Gasteiger partial charge in [0.15, 0.2) is 0 Å². The van der Waals surface area contributed by atoms with Crippen molar-refractivity contribution in [3.8, 4) is 0 Å². The number of aliphatic hydroxyl groups excluding tert-OH is 1. The minimum atomic E-state index is -0.745. The number of aliphatic hydroxyl groups is 1. The van der Waals surface area contributed by atoms with Crippen LogP contribution in [-0.4, -0.2) is 29.3 Å². The first kappa shape index (κ1) is 13.9. The van der Waals surface area contributed by atoms with Crippen LogP contribution >= 0.6 is 0 Å². The summed E-state index contributed by atoms with van der Waals surface area (Å²) < 4.78 is 4.96. The summed E-state index contributed by atoms with van der Waals surface area (Å²) in [6.07, 6.45) is -1.47. The Morgan fingerprint density at radius 3 is 2.83 bits per heavy atom. The van der Waals surface area contributed by atoms with Gasteiger partial charge in [0, 0.05) is 12.6 Å². The minimum Gasteiger partial charge on any atom is -0.441 e. The molecule has 0 aliphatic rings. The summed E-state index contributed by atoms with van der Waals surface area (Å²) in [5.41, 5.74) is 0.224. The van der Waals surface area contributed by atoms with Crippen molar-refractivity contribution in [2.45, 2.75) is 13.0 Å². The highest BCUT2D eigenvalue weighted by Crippen LogP contribution is 2.26. The number of para-hydroxylation sites is 1. The second-order valence-corrected chi connectivity index (χ2v) is 3.51. The van der Waals surface area contributed by atoms with Crippen molar-refractivity contribution < 1.29 is 19.6 Å². The van der Waals surface area contributed by atoms with Gasteiger partial charge in [0.2, 0.25) is 0 Å². The Bertz CT molecular complexity index is 435. The first-order valence-corrected chi connectivity index (χ1v) is 5.35. The number of nitro groups is 1. The minimum absolute atomic E-state index is 0.0719. The molecule has 1 amide bonds. The number of nitro benzene ring substituents is 1. The fraction of sp³-hybridized carbons (Fsp3) is 0.364. The molecule has 0 heterocycles. The Morgan fingerprint density at radius 1 is 1.56 bits per heavy atom. The van der Waals surface area contributed by atoms with Crippen LogP contribution < -0.4 is 5.32 Å². The molecule has 1 aromatic rings. The molecule has 18 heavy (non-hydrogen) atoms. The average molecular weight is 254 g/mol. The molecule has 7 heteroatoms. The third-order valence-corrected chi connectivity index (χ3v) is 2.24. The number of alkyl carbamates (subject to hydrolysis) is 1. The molecule has 0 bridgehead atoms. The van der Waals surface area contributed by atoms with Crippen molar-refractivity contribution in [1.82, 2.24) is 5.32 Å². The van der Waals surface area contributed by atoms with Crippen molar-refractivity contribution in [2.75, 3.05) is 13.2 Å². The number of rotatable bonds is 5. The molecule has 2 N–H and O–H groups in total. The Balaban J connectivity index is 2.75. The maximum absolute atomic E-state index is 11.3. The number of carbonyl (C=O) groups is 1. The molecule has 1 atom stereocenters. The fourth-order valence-corrected chi connectivity index (χ4v) is 1.42. The zero-order valence-corrected chi connectivity index (χ0v) is 9.83. The number of hydrogen-bond donors (Lipinski definition) is 2. The van der Waals surface area contributed by atoms with E-state index in [9.17, 15) is 14.9 Å². The first-order chi connectivity index (χ1) is 8.56. The lowest BCUT2D eigenvalue weighted by Crippen LogP contribution is -2.28. The van der Waals surface area contributed by atoms with Gasteiger partial charge >= 0.3 is 6.09 Å². The Kier molecular flexibility index (Phi) is 5.06. The number of benzene rings is 1. The van der Waals surface area contributed by atoms with Gasteiger partial charge in [0.25, 0.3) is 5.69 Å². The molecule has 0 radical (unpaired) electrons. The molecule has 0 aromatic heterocycles. The van der Waals surface area contributed by atoms with E-state index in [1.807, 2.05) is 0 Å². The van der Waals surface area contributed by atoms with Gasteiger partial charge in [0.05, 0.1) is 17.1 Å². The predicted octanol–water partition coefficient (Wildman–Crippen LogP) is 1.37. The number of ether oxygens (including phenoxy) is 1. The smallest absolute Gasteiger partial charge is 0.407 e. The summed E-state index contributed by atoms with van der Waals surface area (Å²) >= 11 is 0. The van der Waals surface area contributed by atoms with E-state index in [0.29, 0.717) is 5.56 Å². The Labute approximate surface area is 104 Å². The third kappa shape index (κ3) is 3.70. The largest absolute Gasteiger partial charge is 0.441 e. The van der Waals surface area contributed by atoms with E-state index in [1.165, 1.54) is 12.1 Å². The van der Waals surface area contributed by atoms with Gasteiger partial charge in [-0.3, -0.25) is 10.1 Å². The van der Waals surface area contributed by atoms with Gasteiger partial charge in [0.1, 0.15) is 6.10 Å². The molecular formula is C11H14N2O5. The van der Waals surface area contributed by atoms with E-state index >= 15 is 0 Å². The lowest BCUT2D eigenvalue weighted by atomic mass is 10.1. The van der Waals surface area contributed by atoms with E-state index in [0.717, 1.165) is 0 Å². The summed E-state index contributed by atoms with van der Waals surface area (Å²) in [5.74, 6) is 0. The maximum Gasteiger partial charge on any atom is 0.407 e. The highest BCUT2D eigenvalue weighted by Gasteiger charge is 2.20. The van der Waals surface area contributed by atoms with Gasteiger partial charge in [-0.2, -0.15) is 0 Å². The molecule has 0 aliphatic carbocycles. The molecule has 0 aliphatic heterocycles. The van der Waals surface area contributed by atoms with Gasteiger partial charge in [-0.1, -0.05) is 12.1 Å². The van der Waals surface area contributed by atoms with Crippen molar-refractivity contribution in [1.29, 1.82) is 0 Å². The van der Waals surface area contributed by atoms with Crippen LogP contribution in [0, 0.1) is 10.1 Å². The molecule has 0 saturated carbocycles. The van der Waals surface area contributed by atoms with E-state index in [-0.39, 0.29) is 18.8 Å². The average Bonchev–Trinajstić information content (AvgIpc) is 2.36. The summed E-state index contributed by atoms with van der Waals surface area (Å²) in [6.45, 7) is 1.41. The molecule has 1 rings (SSSR count). The van der Waals surface area contributed by atoms with E-state index < -0.39 is 17.1 Å². The molecule has 98 valence electrons. The fourth-order valence-electron chi connectivity index (χ4n) is 1.42. The Hall–Kier alpha value is -2.15. The van der Waals surface area contributed by atoms with Crippen molar-refractivity contribution in [3.63, 3.8) is 0 Å². The van der Waals surface area contributed by atoms with Crippen LogP contribution in [0.15, 0.2) is 24.3 Å². The summed E-state index contributed by atoms with van der Waals surface area (Å²) in [7, 11) is 0. The van der Waals surface area contributed by atoms with Crippen LogP contribution in [0.4, 0.5) is 10.5 Å². The molecular weight excluding hydrogens is 240 g/mol. The Morgan fingerprint density at radius 2 is 2.22 bits per heavy atom. The van der Waals surface area contributed by atoms with Crippen molar-refractivity contribution >= 4 is 11.8 Å². The zero-order valence-electron chi connectivity index (χ0n) is 9.83. The van der Waals surface area contributed by atoms with Crippen molar-refractivity contribution in [3.05, 3.63) is 39.9 Å². The molecule has 0 fully saturated rings. The molecule has 0 spiro atoms. The quantitative estimate of drug-likeness (QED) is 0.610. The highest BCUT2D eigenvalue weighted by atomic mass is 16.6. The standard InChI is InChI=1S/C11H14N2O5/c1-8(18-11(15)12-6-7-14)9-4-2-3-5-10(9)13(16)17/h2-5,8,14H,6-7H2,1H3,(H,12,15). The third-order valence-electron chi connectivity index (χ3n) is 2.24. The van der Waals surface area contributed by atoms with E-state index in [4.69, 9.17) is 9.84 Å². The van der Waals surface area contributed by atoms with Crippen LogP contribution in [0.5, 0.6) is 0 Å². The zero-order chi connectivity index (χ0) is 13.5. The van der Waals surface area contributed by atoms with Crippen LogP contribution in [0.2, 0.25) is 0 Å². The molecule has 0 saturated heterocycles. The van der Waals surface area contributed by atoms with E-state index in [2.05, 4.69) is 5.32 Å².